The van der Waals surface area contributed by atoms with Crippen LogP contribution < -0.4 is 0 Å². The Morgan fingerprint density at radius 3 is 2.83 bits per heavy atom. The zero-order chi connectivity index (χ0) is 16.9. The van der Waals surface area contributed by atoms with Crippen molar-refractivity contribution in [2.75, 3.05) is 0 Å². The Labute approximate surface area is 146 Å². The van der Waals surface area contributed by atoms with E-state index in [4.69, 9.17) is 4.74 Å². The second-order valence-electron chi connectivity index (χ2n) is 5.05. The highest BCUT2D eigenvalue weighted by molar-refractivity contribution is 9.10. The van der Waals surface area contributed by atoms with Crippen LogP contribution in [0.2, 0.25) is 0 Å². The highest BCUT2D eigenvalue weighted by Crippen LogP contribution is 2.18. The van der Waals surface area contributed by atoms with Gasteiger partial charge in [-0.1, -0.05) is 40.2 Å². The molecule has 5 nitrogen and oxygen atoms in total. The van der Waals surface area contributed by atoms with Gasteiger partial charge in [0.2, 0.25) is 0 Å². The highest BCUT2D eigenvalue weighted by Gasteiger charge is 2.11. The lowest BCUT2D eigenvalue weighted by Crippen LogP contribution is -2.06. The maximum atomic E-state index is 13.1. The SMILES string of the molecule is O=C(OCc1nc(Cc2ccccc2Br)n[nH]1)c1cccc(F)c1. The van der Waals surface area contributed by atoms with E-state index in [1.165, 1.54) is 18.2 Å². The van der Waals surface area contributed by atoms with Crippen molar-refractivity contribution >= 4 is 21.9 Å². The normalized spacial score (nSPS) is 10.6. The molecule has 0 aliphatic carbocycles. The molecule has 0 spiro atoms. The second-order valence-corrected chi connectivity index (χ2v) is 5.91. The number of hydrogen-bond donors (Lipinski definition) is 1. The number of H-pyrrole nitrogens is 1. The van der Waals surface area contributed by atoms with Crippen LogP contribution in [0.15, 0.2) is 53.0 Å². The molecule has 0 unspecified atom stereocenters. The Bertz CT molecular complexity index is 866. The first-order valence-corrected chi connectivity index (χ1v) is 7.97. The maximum absolute atomic E-state index is 13.1. The lowest BCUT2D eigenvalue weighted by molar-refractivity contribution is 0.0462. The molecule has 1 aromatic heterocycles. The van der Waals surface area contributed by atoms with Gasteiger partial charge in [0.1, 0.15) is 5.82 Å². The number of nitrogens with zero attached hydrogens (tertiary/aromatic N) is 2. The topological polar surface area (TPSA) is 67.9 Å². The maximum Gasteiger partial charge on any atom is 0.338 e. The van der Waals surface area contributed by atoms with E-state index in [1.807, 2.05) is 24.3 Å². The third-order valence-corrected chi connectivity index (χ3v) is 4.06. The first kappa shape index (κ1) is 16.3. The zero-order valence-corrected chi connectivity index (χ0v) is 14.1. The van der Waals surface area contributed by atoms with Gasteiger partial charge in [0.05, 0.1) is 5.56 Å². The Hall–Kier alpha value is -2.54. The molecule has 1 heterocycles. The van der Waals surface area contributed by atoms with Crippen LogP contribution in [0.25, 0.3) is 0 Å². The van der Waals surface area contributed by atoms with E-state index in [1.54, 1.807) is 0 Å². The summed E-state index contributed by atoms with van der Waals surface area (Å²) in [7, 11) is 0. The number of carbonyl (C=O) groups excluding carboxylic acids is 1. The molecule has 3 aromatic rings. The summed E-state index contributed by atoms with van der Waals surface area (Å²) in [5.74, 6) is -0.0707. The first-order valence-electron chi connectivity index (χ1n) is 7.18. The van der Waals surface area contributed by atoms with Gasteiger partial charge < -0.3 is 4.74 Å². The minimum absolute atomic E-state index is 0.0572. The van der Waals surface area contributed by atoms with Crippen molar-refractivity contribution in [3.8, 4) is 0 Å². The minimum atomic E-state index is -0.613. The number of aromatic amines is 1. The fourth-order valence-electron chi connectivity index (χ4n) is 2.12. The summed E-state index contributed by atoms with van der Waals surface area (Å²) in [6.45, 7) is -0.0572. The van der Waals surface area contributed by atoms with E-state index in [0.717, 1.165) is 16.1 Å². The molecule has 0 atom stereocenters. The number of aromatic nitrogens is 3. The Morgan fingerprint density at radius 2 is 2.04 bits per heavy atom. The smallest absolute Gasteiger partial charge is 0.338 e. The van der Waals surface area contributed by atoms with Crippen molar-refractivity contribution in [3.63, 3.8) is 0 Å². The third kappa shape index (κ3) is 4.05. The molecule has 1 N–H and O–H groups in total. The van der Waals surface area contributed by atoms with Gasteiger partial charge in [-0.15, -0.1) is 0 Å². The molecule has 7 heteroatoms. The molecule has 122 valence electrons. The molecule has 2 aromatic carbocycles. The second kappa shape index (κ2) is 7.35. The quantitative estimate of drug-likeness (QED) is 0.676. The Kier molecular flexibility index (Phi) is 5.00. The van der Waals surface area contributed by atoms with Crippen molar-refractivity contribution in [1.29, 1.82) is 0 Å². The Morgan fingerprint density at radius 1 is 1.21 bits per heavy atom. The van der Waals surface area contributed by atoms with Crippen molar-refractivity contribution in [2.45, 2.75) is 13.0 Å². The monoisotopic (exact) mass is 389 g/mol. The number of hydrogen-bond acceptors (Lipinski definition) is 4. The predicted molar refractivity (Wildman–Crippen MR) is 88.9 cm³/mol. The molecular formula is C17H13BrFN3O2. The predicted octanol–water partition coefficient (Wildman–Crippen LogP) is 3.65. The van der Waals surface area contributed by atoms with Gasteiger partial charge in [0.25, 0.3) is 0 Å². The van der Waals surface area contributed by atoms with Crippen LogP contribution in [0.1, 0.15) is 27.6 Å². The molecule has 0 amide bonds. The highest BCUT2D eigenvalue weighted by atomic mass is 79.9. The third-order valence-electron chi connectivity index (χ3n) is 3.28. The summed E-state index contributed by atoms with van der Waals surface area (Å²) >= 11 is 3.48. The lowest BCUT2D eigenvalue weighted by atomic mass is 10.1. The van der Waals surface area contributed by atoms with Crippen LogP contribution in [-0.4, -0.2) is 21.2 Å². The zero-order valence-electron chi connectivity index (χ0n) is 12.5. The van der Waals surface area contributed by atoms with E-state index in [0.29, 0.717) is 18.1 Å². The molecule has 0 radical (unpaired) electrons. The molecule has 0 aliphatic heterocycles. The minimum Gasteiger partial charge on any atom is -0.454 e. The van der Waals surface area contributed by atoms with E-state index >= 15 is 0 Å². The van der Waals surface area contributed by atoms with Crippen molar-refractivity contribution < 1.29 is 13.9 Å². The van der Waals surface area contributed by atoms with Gasteiger partial charge in [0.15, 0.2) is 18.3 Å². The molecule has 0 aliphatic rings. The van der Waals surface area contributed by atoms with Crippen LogP contribution in [0.4, 0.5) is 4.39 Å². The first-order chi connectivity index (χ1) is 11.6. The summed E-state index contributed by atoms with van der Waals surface area (Å²) in [6, 6.07) is 13.1. The van der Waals surface area contributed by atoms with Gasteiger partial charge in [-0.25, -0.2) is 14.2 Å². The van der Waals surface area contributed by atoms with Crippen LogP contribution >= 0.6 is 15.9 Å². The van der Waals surface area contributed by atoms with Gasteiger partial charge >= 0.3 is 5.97 Å². The molecule has 0 saturated carbocycles. The molecule has 0 fully saturated rings. The summed E-state index contributed by atoms with van der Waals surface area (Å²) in [5, 5.41) is 6.85. The number of halogens is 2. The van der Waals surface area contributed by atoms with Crippen LogP contribution in [0, 0.1) is 5.82 Å². The molecule has 24 heavy (non-hydrogen) atoms. The Balaban J connectivity index is 1.60. The number of carbonyl (C=O) groups is 1. The fraction of sp³-hybridized carbons (Fsp3) is 0.118. The number of rotatable bonds is 5. The summed E-state index contributed by atoms with van der Waals surface area (Å²) in [5.41, 5.74) is 1.21. The number of ether oxygens (including phenoxy) is 1. The summed E-state index contributed by atoms with van der Waals surface area (Å²) < 4.78 is 19.2. The van der Waals surface area contributed by atoms with Gasteiger partial charge in [-0.05, 0) is 29.8 Å². The van der Waals surface area contributed by atoms with E-state index in [2.05, 4.69) is 31.1 Å². The largest absolute Gasteiger partial charge is 0.454 e. The summed E-state index contributed by atoms with van der Waals surface area (Å²) in [4.78, 5) is 16.1. The van der Waals surface area contributed by atoms with Crippen molar-refractivity contribution in [1.82, 2.24) is 15.2 Å². The fourth-order valence-corrected chi connectivity index (χ4v) is 2.55. The molecule has 3 rings (SSSR count). The number of nitrogens with one attached hydrogen (secondary N) is 1. The number of esters is 1. The van der Waals surface area contributed by atoms with Crippen LogP contribution in [0.3, 0.4) is 0 Å². The summed E-state index contributed by atoms with van der Waals surface area (Å²) in [6.07, 6.45) is 0.551. The molecular weight excluding hydrogens is 377 g/mol. The van der Waals surface area contributed by atoms with E-state index in [-0.39, 0.29) is 12.2 Å². The van der Waals surface area contributed by atoms with Gasteiger partial charge in [0, 0.05) is 10.9 Å². The van der Waals surface area contributed by atoms with Crippen LogP contribution in [-0.2, 0) is 17.8 Å². The average molecular weight is 390 g/mol. The van der Waals surface area contributed by atoms with Gasteiger partial charge in [-0.2, -0.15) is 5.10 Å². The number of benzene rings is 2. The van der Waals surface area contributed by atoms with Crippen LogP contribution in [0.5, 0.6) is 0 Å². The molecule has 0 bridgehead atoms. The van der Waals surface area contributed by atoms with E-state index in [9.17, 15) is 9.18 Å². The standard InChI is InChI=1S/C17H13BrFN3O2/c18-14-7-2-1-4-11(14)9-15-20-16(22-21-15)10-24-17(23)12-5-3-6-13(19)8-12/h1-8H,9-10H2,(H,20,21,22). The lowest BCUT2D eigenvalue weighted by Gasteiger charge is -2.02. The average Bonchev–Trinajstić information content (AvgIpc) is 3.02. The van der Waals surface area contributed by atoms with Crippen molar-refractivity contribution in [2.24, 2.45) is 0 Å². The van der Waals surface area contributed by atoms with Gasteiger partial charge in [-0.3, -0.25) is 5.10 Å². The van der Waals surface area contributed by atoms with Crippen molar-refractivity contribution in [3.05, 3.63) is 81.6 Å². The van der Waals surface area contributed by atoms with E-state index < -0.39 is 11.8 Å². The molecule has 0 saturated heterocycles.